The highest BCUT2D eigenvalue weighted by atomic mass is 15.1. The van der Waals surface area contributed by atoms with E-state index >= 15 is 0 Å². The first kappa shape index (κ1) is 12.2. The number of piperidine rings is 1. The Morgan fingerprint density at radius 3 is 2.47 bits per heavy atom. The molecule has 0 aromatic heterocycles. The van der Waals surface area contributed by atoms with Gasteiger partial charge in [-0.05, 0) is 38.4 Å². The van der Waals surface area contributed by atoms with Crippen LogP contribution in [0.5, 0.6) is 0 Å². The lowest BCUT2D eigenvalue weighted by atomic mass is 10.1. The largest absolute Gasteiger partial charge is 0.328 e. The summed E-state index contributed by atoms with van der Waals surface area (Å²) in [6.45, 7) is 13.0. The van der Waals surface area contributed by atoms with Crippen LogP contribution in [0.2, 0.25) is 0 Å². The van der Waals surface area contributed by atoms with E-state index in [-0.39, 0.29) is 0 Å². The fourth-order valence-electron chi connectivity index (χ4n) is 1.71. The Balaban J connectivity index is 2.29. The maximum atomic E-state index is 5.85. The third-order valence-corrected chi connectivity index (χ3v) is 2.66. The third-order valence-electron chi connectivity index (χ3n) is 2.66. The minimum absolute atomic E-state index is 0.403. The first-order valence-corrected chi connectivity index (χ1v) is 5.57. The number of allylic oxidation sites excluding steroid dienone is 2. The molecule has 0 amide bonds. The zero-order valence-corrected chi connectivity index (χ0v) is 9.71. The quantitative estimate of drug-likeness (QED) is 0.714. The summed E-state index contributed by atoms with van der Waals surface area (Å²) in [7, 11) is 0. The minimum atomic E-state index is 0.403. The van der Waals surface area contributed by atoms with Gasteiger partial charge in [0.25, 0.3) is 0 Å². The summed E-state index contributed by atoms with van der Waals surface area (Å²) in [5.74, 6) is 0. The number of rotatable bonds is 4. The summed E-state index contributed by atoms with van der Waals surface area (Å²) < 4.78 is 0. The summed E-state index contributed by atoms with van der Waals surface area (Å²) in [6, 6.07) is 0.403. The van der Waals surface area contributed by atoms with Crippen molar-refractivity contribution in [3.63, 3.8) is 0 Å². The van der Waals surface area contributed by atoms with Crippen LogP contribution in [0.25, 0.3) is 0 Å². The molecule has 0 aliphatic carbocycles. The van der Waals surface area contributed by atoms with Gasteiger partial charge in [-0.2, -0.15) is 0 Å². The highest BCUT2D eigenvalue weighted by molar-refractivity contribution is 5.23. The Morgan fingerprint density at radius 2 is 1.93 bits per heavy atom. The van der Waals surface area contributed by atoms with Crippen molar-refractivity contribution in [3.05, 3.63) is 36.5 Å². The average molecular weight is 206 g/mol. The van der Waals surface area contributed by atoms with Gasteiger partial charge in [0.15, 0.2) is 0 Å². The number of hydrogen-bond acceptors (Lipinski definition) is 2. The van der Waals surface area contributed by atoms with Crippen molar-refractivity contribution in [1.29, 1.82) is 0 Å². The molecule has 1 rings (SSSR count). The molecule has 2 heteroatoms. The zero-order chi connectivity index (χ0) is 11.3. The molecule has 0 bridgehead atoms. The van der Waals surface area contributed by atoms with Crippen LogP contribution in [-0.4, -0.2) is 30.6 Å². The molecular formula is C13H22N2. The van der Waals surface area contributed by atoms with Gasteiger partial charge in [-0.1, -0.05) is 30.9 Å². The van der Waals surface area contributed by atoms with Gasteiger partial charge in [0.1, 0.15) is 0 Å². The van der Waals surface area contributed by atoms with E-state index in [2.05, 4.69) is 24.1 Å². The number of nitrogens with zero attached hydrogens (tertiary/aromatic N) is 1. The minimum Gasteiger partial charge on any atom is -0.328 e. The van der Waals surface area contributed by atoms with E-state index in [1.54, 1.807) is 0 Å². The topological polar surface area (TPSA) is 29.3 Å². The summed E-state index contributed by atoms with van der Waals surface area (Å²) in [5.41, 5.74) is 8.06. The molecule has 15 heavy (non-hydrogen) atoms. The molecule has 0 atom stereocenters. The van der Waals surface area contributed by atoms with E-state index < -0.39 is 0 Å². The van der Waals surface area contributed by atoms with E-state index in [1.165, 1.54) is 0 Å². The van der Waals surface area contributed by atoms with Crippen molar-refractivity contribution in [2.45, 2.75) is 25.8 Å². The Bertz CT molecular complexity index is 258. The monoisotopic (exact) mass is 206 g/mol. The van der Waals surface area contributed by atoms with Crippen LogP contribution in [0.15, 0.2) is 36.5 Å². The number of hydrogen-bond donors (Lipinski definition) is 1. The molecule has 1 saturated heterocycles. The first-order valence-electron chi connectivity index (χ1n) is 5.57. The van der Waals surface area contributed by atoms with Crippen LogP contribution < -0.4 is 5.73 Å². The van der Waals surface area contributed by atoms with E-state index in [0.29, 0.717) is 6.04 Å². The van der Waals surface area contributed by atoms with Gasteiger partial charge < -0.3 is 5.73 Å². The van der Waals surface area contributed by atoms with Crippen LogP contribution in [0.4, 0.5) is 0 Å². The SMILES string of the molecule is C=C(C)/C=C\C(=C)CN1CCC(N)CC1. The molecule has 0 saturated carbocycles. The van der Waals surface area contributed by atoms with Crippen LogP contribution in [0, 0.1) is 0 Å². The summed E-state index contributed by atoms with van der Waals surface area (Å²) in [6.07, 6.45) is 6.28. The molecular weight excluding hydrogens is 184 g/mol. The van der Waals surface area contributed by atoms with E-state index in [4.69, 9.17) is 5.73 Å². The van der Waals surface area contributed by atoms with E-state index in [1.807, 2.05) is 13.0 Å². The molecule has 0 unspecified atom stereocenters. The van der Waals surface area contributed by atoms with Crippen LogP contribution in [0.3, 0.4) is 0 Å². The van der Waals surface area contributed by atoms with Gasteiger partial charge in [-0.3, -0.25) is 4.90 Å². The lowest BCUT2D eigenvalue weighted by Crippen LogP contribution is -2.40. The molecule has 1 heterocycles. The first-order chi connectivity index (χ1) is 7.08. The summed E-state index contributed by atoms with van der Waals surface area (Å²) >= 11 is 0. The van der Waals surface area contributed by atoms with E-state index in [0.717, 1.165) is 43.6 Å². The van der Waals surface area contributed by atoms with Gasteiger partial charge in [0.2, 0.25) is 0 Å². The molecule has 0 aromatic carbocycles. The highest BCUT2D eigenvalue weighted by Crippen LogP contribution is 2.10. The van der Waals surface area contributed by atoms with Crippen molar-refractivity contribution in [3.8, 4) is 0 Å². The van der Waals surface area contributed by atoms with Gasteiger partial charge in [0, 0.05) is 12.6 Å². The standard InChI is InChI=1S/C13H22N2/c1-11(2)4-5-12(3)10-15-8-6-13(14)7-9-15/h4-5,13H,1,3,6-10,14H2,2H3/b5-4-. The molecule has 1 fully saturated rings. The number of likely N-dealkylation sites (tertiary alicyclic amines) is 1. The molecule has 1 aliphatic rings. The lowest BCUT2D eigenvalue weighted by molar-refractivity contribution is 0.230. The Labute approximate surface area is 93.1 Å². The van der Waals surface area contributed by atoms with Crippen LogP contribution >= 0.6 is 0 Å². The fraction of sp³-hybridized carbons (Fsp3) is 0.538. The van der Waals surface area contributed by atoms with Crippen LogP contribution in [0.1, 0.15) is 19.8 Å². The molecule has 84 valence electrons. The highest BCUT2D eigenvalue weighted by Gasteiger charge is 2.15. The maximum absolute atomic E-state index is 5.85. The van der Waals surface area contributed by atoms with Crippen LogP contribution in [-0.2, 0) is 0 Å². The van der Waals surface area contributed by atoms with Gasteiger partial charge in [0.05, 0.1) is 0 Å². The lowest BCUT2D eigenvalue weighted by Gasteiger charge is -2.30. The molecule has 0 spiro atoms. The van der Waals surface area contributed by atoms with Crippen molar-refractivity contribution in [2.24, 2.45) is 5.73 Å². The third kappa shape index (κ3) is 4.96. The fourth-order valence-corrected chi connectivity index (χ4v) is 1.71. The maximum Gasteiger partial charge on any atom is 0.0227 e. The predicted molar refractivity (Wildman–Crippen MR) is 66.7 cm³/mol. The number of nitrogens with two attached hydrogens (primary N) is 1. The second-order valence-corrected chi connectivity index (χ2v) is 4.45. The van der Waals surface area contributed by atoms with Crippen molar-refractivity contribution < 1.29 is 0 Å². The Kier molecular flexibility index (Phi) is 4.79. The molecule has 0 radical (unpaired) electrons. The van der Waals surface area contributed by atoms with E-state index in [9.17, 15) is 0 Å². The van der Waals surface area contributed by atoms with Gasteiger partial charge >= 0.3 is 0 Å². The zero-order valence-electron chi connectivity index (χ0n) is 9.71. The summed E-state index contributed by atoms with van der Waals surface area (Å²) in [5, 5.41) is 0. The smallest absolute Gasteiger partial charge is 0.0227 e. The van der Waals surface area contributed by atoms with Crippen molar-refractivity contribution in [2.75, 3.05) is 19.6 Å². The average Bonchev–Trinajstić information content (AvgIpc) is 2.19. The molecule has 0 aromatic rings. The Morgan fingerprint density at radius 1 is 1.33 bits per heavy atom. The van der Waals surface area contributed by atoms with Crippen molar-refractivity contribution >= 4 is 0 Å². The normalized spacial score (nSPS) is 19.6. The second kappa shape index (κ2) is 5.89. The van der Waals surface area contributed by atoms with Gasteiger partial charge in [-0.25, -0.2) is 0 Å². The predicted octanol–water partition coefficient (Wildman–Crippen LogP) is 2.10. The molecule has 1 aliphatic heterocycles. The molecule has 2 nitrogen and oxygen atoms in total. The molecule has 2 N–H and O–H groups in total. The van der Waals surface area contributed by atoms with Crippen molar-refractivity contribution in [1.82, 2.24) is 4.90 Å². The summed E-state index contributed by atoms with van der Waals surface area (Å²) in [4.78, 5) is 2.41. The van der Waals surface area contributed by atoms with Gasteiger partial charge in [-0.15, -0.1) is 0 Å². The Hall–Kier alpha value is -0.860. The second-order valence-electron chi connectivity index (χ2n) is 4.45.